The molecule has 1 amide bonds. The molecule has 1 rings (SSSR count). The van der Waals surface area contributed by atoms with Crippen LogP contribution in [0.5, 0.6) is 0 Å². The Kier molecular flexibility index (Phi) is 7.13. The molecule has 1 atom stereocenters. The molecular formula is C12H15BrINO3. The molecular weight excluding hydrogens is 413 g/mol. The normalized spacial score (nSPS) is 12.2. The highest BCUT2D eigenvalue weighted by atomic mass is 127. The van der Waals surface area contributed by atoms with Gasteiger partial charge in [0.2, 0.25) is 0 Å². The molecule has 0 aromatic heterocycles. The minimum atomic E-state index is -0.135. The van der Waals surface area contributed by atoms with Crippen molar-refractivity contribution in [3.05, 3.63) is 31.8 Å². The Bertz CT molecular complexity index is 414. The minimum absolute atomic E-state index is 0.112. The number of carbonyl (C=O) groups is 1. The van der Waals surface area contributed by atoms with Crippen molar-refractivity contribution in [3.8, 4) is 0 Å². The van der Waals surface area contributed by atoms with Crippen LogP contribution in [0.3, 0.4) is 0 Å². The molecule has 0 aliphatic rings. The number of hydrogen-bond donors (Lipinski definition) is 1. The summed E-state index contributed by atoms with van der Waals surface area (Å²) in [5, 5.41) is 2.83. The second-order valence-corrected chi connectivity index (χ2v) is 5.73. The van der Waals surface area contributed by atoms with Crippen LogP contribution in [-0.4, -0.2) is 39.4 Å². The molecule has 0 saturated carbocycles. The standard InChI is InChI=1S/C12H15BrINO3/c1-17-7-9(18-2)6-15-12(16)10-5-8(13)3-4-11(10)14/h3-5,9H,6-7H2,1-2H3,(H,15,16). The van der Waals surface area contributed by atoms with Gasteiger partial charge in [0.1, 0.15) is 0 Å². The predicted octanol–water partition coefficient (Wildman–Crippen LogP) is 2.44. The highest BCUT2D eigenvalue weighted by Gasteiger charge is 2.13. The number of nitrogens with one attached hydrogen (secondary N) is 1. The fourth-order valence-corrected chi connectivity index (χ4v) is 2.31. The van der Waals surface area contributed by atoms with Crippen molar-refractivity contribution in [1.29, 1.82) is 0 Å². The maximum absolute atomic E-state index is 12.0. The summed E-state index contributed by atoms with van der Waals surface area (Å²) in [6.45, 7) is 0.873. The first-order valence-electron chi connectivity index (χ1n) is 5.33. The van der Waals surface area contributed by atoms with Crippen molar-refractivity contribution in [2.24, 2.45) is 0 Å². The number of hydrogen-bond acceptors (Lipinski definition) is 3. The Balaban J connectivity index is 2.62. The summed E-state index contributed by atoms with van der Waals surface area (Å²) in [5.41, 5.74) is 0.650. The third-order valence-corrected chi connectivity index (χ3v) is 3.78. The van der Waals surface area contributed by atoms with E-state index in [-0.39, 0.29) is 12.0 Å². The average molecular weight is 428 g/mol. The van der Waals surface area contributed by atoms with Crippen LogP contribution in [0.2, 0.25) is 0 Å². The topological polar surface area (TPSA) is 47.6 Å². The van der Waals surface area contributed by atoms with E-state index in [2.05, 4.69) is 43.8 Å². The van der Waals surface area contributed by atoms with Crippen molar-refractivity contribution >= 4 is 44.4 Å². The third kappa shape index (κ3) is 4.83. The maximum Gasteiger partial charge on any atom is 0.252 e. The Morgan fingerprint density at radius 2 is 2.22 bits per heavy atom. The monoisotopic (exact) mass is 427 g/mol. The lowest BCUT2D eigenvalue weighted by Gasteiger charge is -2.15. The van der Waals surface area contributed by atoms with E-state index in [1.54, 1.807) is 20.3 Å². The van der Waals surface area contributed by atoms with Crippen LogP contribution in [-0.2, 0) is 9.47 Å². The van der Waals surface area contributed by atoms with Crippen LogP contribution in [0.15, 0.2) is 22.7 Å². The number of methoxy groups -OCH3 is 2. The summed E-state index contributed by atoms with van der Waals surface area (Å²) < 4.78 is 12.0. The molecule has 0 aliphatic carbocycles. The van der Waals surface area contributed by atoms with Crippen molar-refractivity contribution in [1.82, 2.24) is 5.32 Å². The van der Waals surface area contributed by atoms with E-state index in [4.69, 9.17) is 9.47 Å². The summed E-state index contributed by atoms with van der Waals surface area (Å²) in [5.74, 6) is -0.112. The van der Waals surface area contributed by atoms with Gasteiger partial charge in [0.25, 0.3) is 5.91 Å². The lowest BCUT2D eigenvalue weighted by atomic mass is 10.2. The van der Waals surface area contributed by atoms with Gasteiger partial charge in [0.05, 0.1) is 18.3 Å². The van der Waals surface area contributed by atoms with Crippen LogP contribution in [0, 0.1) is 3.57 Å². The van der Waals surface area contributed by atoms with E-state index >= 15 is 0 Å². The van der Waals surface area contributed by atoms with Gasteiger partial charge in [-0.2, -0.15) is 0 Å². The van der Waals surface area contributed by atoms with Gasteiger partial charge in [-0.25, -0.2) is 0 Å². The predicted molar refractivity (Wildman–Crippen MR) is 81.9 cm³/mol. The molecule has 1 aromatic carbocycles. The summed E-state index contributed by atoms with van der Waals surface area (Å²) in [4.78, 5) is 12.0. The zero-order chi connectivity index (χ0) is 13.5. The van der Waals surface area contributed by atoms with Gasteiger partial charge in [-0.15, -0.1) is 0 Å². The van der Waals surface area contributed by atoms with Crippen LogP contribution in [0.1, 0.15) is 10.4 Å². The van der Waals surface area contributed by atoms with Crippen molar-refractivity contribution in [3.63, 3.8) is 0 Å². The van der Waals surface area contributed by atoms with E-state index in [0.29, 0.717) is 18.7 Å². The van der Waals surface area contributed by atoms with E-state index < -0.39 is 0 Å². The molecule has 6 heteroatoms. The fourth-order valence-electron chi connectivity index (χ4n) is 1.37. The van der Waals surface area contributed by atoms with Gasteiger partial charge in [-0.1, -0.05) is 15.9 Å². The smallest absolute Gasteiger partial charge is 0.252 e. The van der Waals surface area contributed by atoms with Gasteiger partial charge in [-0.05, 0) is 40.8 Å². The third-order valence-electron chi connectivity index (χ3n) is 2.35. The van der Waals surface area contributed by atoms with E-state index in [1.165, 1.54) is 0 Å². The van der Waals surface area contributed by atoms with Crippen molar-refractivity contribution < 1.29 is 14.3 Å². The molecule has 0 saturated heterocycles. The largest absolute Gasteiger partial charge is 0.382 e. The van der Waals surface area contributed by atoms with E-state index in [0.717, 1.165) is 8.04 Å². The zero-order valence-electron chi connectivity index (χ0n) is 10.2. The van der Waals surface area contributed by atoms with Gasteiger partial charge in [0, 0.05) is 28.8 Å². The molecule has 100 valence electrons. The Morgan fingerprint density at radius 3 is 2.83 bits per heavy atom. The molecule has 0 fully saturated rings. The fraction of sp³-hybridized carbons (Fsp3) is 0.417. The summed E-state index contributed by atoms with van der Waals surface area (Å²) >= 11 is 5.49. The van der Waals surface area contributed by atoms with E-state index in [1.807, 2.05) is 12.1 Å². The number of rotatable bonds is 6. The molecule has 1 unspecified atom stereocenters. The first kappa shape index (κ1) is 15.9. The number of ether oxygens (including phenoxy) is 2. The first-order chi connectivity index (χ1) is 8.58. The molecule has 1 N–H and O–H groups in total. The lowest BCUT2D eigenvalue weighted by Crippen LogP contribution is -2.35. The second kappa shape index (κ2) is 8.08. The van der Waals surface area contributed by atoms with Gasteiger partial charge in [-0.3, -0.25) is 4.79 Å². The van der Waals surface area contributed by atoms with Crippen molar-refractivity contribution in [2.45, 2.75) is 6.10 Å². The number of halogens is 2. The molecule has 0 aliphatic heterocycles. The van der Waals surface area contributed by atoms with Crippen LogP contribution in [0.25, 0.3) is 0 Å². The van der Waals surface area contributed by atoms with Gasteiger partial charge in [0.15, 0.2) is 0 Å². The van der Waals surface area contributed by atoms with Gasteiger partial charge >= 0.3 is 0 Å². The quantitative estimate of drug-likeness (QED) is 0.709. The first-order valence-corrected chi connectivity index (χ1v) is 7.20. The molecule has 0 bridgehead atoms. The number of amides is 1. The van der Waals surface area contributed by atoms with Crippen LogP contribution < -0.4 is 5.32 Å². The van der Waals surface area contributed by atoms with Crippen molar-refractivity contribution in [2.75, 3.05) is 27.4 Å². The molecule has 4 nitrogen and oxygen atoms in total. The maximum atomic E-state index is 12.0. The second-order valence-electron chi connectivity index (χ2n) is 3.65. The Labute approximate surface area is 129 Å². The Hall–Kier alpha value is -0.180. The van der Waals surface area contributed by atoms with E-state index in [9.17, 15) is 4.79 Å². The number of benzene rings is 1. The minimum Gasteiger partial charge on any atom is -0.382 e. The summed E-state index contributed by atoms with van der Waals surface area (Å²) in [6, 6.07) is 5.60. The molecule has 0 heterocycles. The number of carbonyl (C=O) groups excluding carboxylic acids is 1. The Morgan fingerprint density at radius 1 is 1.50 bits per heavy atom. The van der Waals surface area contributed by atoms with Crippen LogP contribution >= 0.6 is 38.5 Å². The summed E-state index contributed by atoms with van der Waals surface area (Å²) in [6.07, 6.45) is -0.135. The highest BCUT2D eigenvalue weighted by molar-refractivity contribution is 14.1. The SMILES string of the molecule is COCC(CNC(=O)c1cc(Br)ccc1I)OC. The lowest BCUT2D eigenvalue weighted by molar-refractivity contribution is 0.0285. The molecule has 1 aromatic rings. The zero-order valence-corrected chi connectivity index (χ0v) is 13.9. The molecule has 0 radical (unpaired) electrons. The summed E-state index contributed by atoms with van der Waals surface area (Å²) in [7, 11) is 3.20. The average Bonchev–Trinajstić information content (AvgIpc) is 2.37. The molecule has 0 spiro atoms. The van der Waals surface area contributed by atoms with Crippen LogP contribution in [0.4, 0.5) is 0 Å². The molecule has 18 heavy (non-hydrogen) atoms. The highest BCUT2D eigenvalue weighted by Crippen LogP contribution is 2.18. The van der Waals surface area contributed by atoms with Gasteiger partial charge < -0.3 is 14.8 Å².